The predicted molar refractivity (Wildman–Crippen MR) is 124 cm³/mol. The van der Waals surface area contributed by atoms with Crippen molar-refractivity contribution in [1.82, 2.24) is 0 Å². The monoisotopic (exact) mass is 401 g/mol. The van der Waals surface area contributed by atoms with Crippen LogP contribution in [0, 0.1) is 6.92 Å². The molecule has 0 spiro atoms. The summed E-state index contributed by atoms with van der Waals surface area (Å²) in [5.74, 6) is -0.148. The van der Waals surface area contributed by atoms with Gasteiger partial charge in [-0.1, -0.05) is 17.7 Å². The molecule has 154 valence electrons. The summed E-state index contributed by atoms with van der Waals surface area (Å²) in [5, 5.41) is 11.4. The summed E-state index contributed by atoms with van der Waals surface area (Å²) in [6.07, 6.45) is 0. The van der Waals surface area contributed by atoms with Crippen LogP contribution in [-0.2, 0) is 0 Å². The molecule has 1 amide bonds. The fraction of sp³-hybridized carbons (Fsp3) is 0.208. The Hall–Kier alpha value is -3.67. The number of aryl methyl sites for hydroxylation is 1. The van der Waals surface area contributed by atoms with Gasteiger partial charge in [-0.05, 0) is 75.4 Å². The number of nitrogen functional groups attached to an aromatic ring is 1. The molecule has 0 aromatic heterocycles. The Kier molecular flexibility index (Phi) is 6.80. The van der Waals surface area contributed by atoms with E-state index in [-0.39, 0.29) is 5.91 Å². The van der Waals surface area contributed by atoms with Crippen molar-refractivity contribution in [3.63, 3.8) is 0 Å². The van der Waals surface area contributed by atoms with E-state index in [2.05, 4.69) is 34.3 Å². The van der Waals surface area contributed by atoms with Gasteiger partial charge in [0.25, 0.3) is 5.91 Å². The second-order valence-electron chi connectivity index (χ2n) is 6.98. The van der Waals surface area contributed by atoms with Gasteiger partial charge in [0.05, 0.1) is 11.4 Å². The molecule has 0 bridgehead atoms. The molecule has 0 aliphatic heterocycles. The molecule has 3 rings (SSSR count). The highest BCUT2D eigenvalue weighted by atomic mass is 16.1. The Bertz CT molecular complexity index is 1020. The molecule has 0 heterocycles. The van der Waals surface area contributed by atoms with E-state index in [4.69, 9.17) is 5.73 Å². The van der Waals surface area contributed by atoms with E-state index in [0.29, 0.717) is 28.3 Å². The van der Waals surface area contributed by atoms with Crippen molar-refractivity contribution in [2.75, 3.05) is 29.0 Å². The molecule has 30 heavy (non-hydrogen) atoms. The van der Waals surface area contributed by atoms with Crippen molar-refractivity contribution < 1.29 is 4.79 Å². The van der Waals surface area contributed by atoms with Gasteiger partial charge in [-0.2, -0.15) is 5.11 Å². The van der Waals surface area contributed by atoms with Crippen molar-refractivity contribution in [2.24, 2.45) is 10.2 Å². The Balaban J connectivity index is 1.66. The maximum Gasteiger partial charge on any atom is 0.255 e. The molecule has 0 saturated heterocycles. The number of hydrogen-bond donors (Lipinski definition) is 2. The molecule has 0 atom stereocenters. The van der Waals surface area contributed by atoms with Crippen molar-refractivity contribution >= 4 is 34.3 Å². The zero-order valence-electron chi connectivity index (χ0n) is 17.6. The minimum Gasteiger partial charge on any atom is -0.397 e. The van der Waals surface area contributed by atoms with Gasteiger partial charge in [0.15, 0.2) is 0 Å². The number of carbonyl (C=O) groups is 1. The van der Waals surface area contributed by atoms with Crippen LogP contribution in [0.15, 0.2) is 77.0 Å². The predicted octanol–water partition coefficient (Wildman–Crippen LogP) is 6.09. The number of nitrogens with one attached hydrogen (secondary N) is 1. The van der Waals surface area contributed by atoms with Gasteiger partial charge < -0.3 is 16.0 Å². The highest BCUT2D eigenvalue weighted by Crippen LogP contribution is 2.29. The van der Waals surface area contributed by atoms with Gasteiger partial charge >= 0.3 is 0 Å². The molecule has 0 aliphatic carbocycles. The lowest BCUT2D eigenvalue weighted by molar-refractivity contribution is 0.102. The van der Waals surface area contributed by atoms with Gasteiger partial charge in [-0.15, -0.1) is 5.11 Å². The zero-order chi connectivity index (χ0) is 21.5. The molecule has 0 aliphatic rings. The summed E-state index contributed by atoms with van der Waals surface area (Å²) in [6.45, 7) is 8.05. The molecular weight excluding hydrogens is 374 g/mol. The number of benzene rings is 3. The first-order chi connectivity index (χ1) is 14.5. The van der Waals surface area contributed by atoms with Crippen LogP contribution in [0.4, 0.5) is 28.4 Å². The number of rotatable bonds is 7. The second kappa shape index (κ2) is 9.69. The van der Waals surface area contributed by atoms with Crippen LogP contribution >= 0.6 is 0 Å². The third kappa shape index (κ3) is 5.23. The number of nitrogens with zero attached hydrogens (tertiary/aromatic N) is 3. The maximum absolute atomic E-state index is 12.3. The summed E-state index contributed by atoms with van der Waals surface area (Å²) in [6, 6.07) is 20.4. The normalized spacial score (nSPS) is 10.9. The van der Waals surface area contributed by atoms with E-state index in [1.54, 1.807) is 24.3 Å². The molecule has 6 nitrogen and oxygen atoms in total. The van der Waals surface area contributed by atoms with E-state index in [0.717, 1.165) is 24.3 Å². The topological polar surface area (TPSA) is 83.1 Å². The average molecular weight is 402 g/mol. The van der Waals surface area contributed by atoms with Crippen LogP contribution in [0.25, 0.3) is 0 Å². The van der Waals surface area contributed by atoms with E-state index < -0.39 is 0 Å². The van der Waals surface area contributed by atoms with Crippen molar-refractivity contribution in [2.45, 2.75) is 20.8 Å². The van der Waals surface area contributed by atoms with Gasteiger partial charge in [0, 0.05) is 30.0 Å². The van der Waals surface area contributed by atoms with Crippen LogP contribution in [0.3, 0.4) is 0 Å². The Labute approximate surface area is 177 Å². The lowest BCUT2D eigenvalue weighted by Crippen LogP contribution is -2.21. The lowest BCUT2D eigenvalue weighted by Gasteiger charge is -2.21. The fourth-order valence-corrected chi connectivity index (χ4v) is 3.05. The van der Waals surface area contributed by atoms with Crippen molar-refractivity contribution in [3.05, 3.63) is 77.9 Å². The number of nitrogens with two attached hydrogens (primary N) is 1. The second-order valence-corrected chi connectivity index (χ2v) is 6.98. The first-order valence-corrected chi connectivity index (χ1v) is 10.0. The molecule has 3 aromatic carbocycles. The number of azo groups is 1. The van der Waals surface area contributed by atoms with Crippen LogP contribution < -0.4 is 16.0 Å². The SMILES string of the molecule is CCN(CC)c1ccc(N=Nc2ccc(NC(=O)c3ccc(C)cc3)cc2)c(N)c1. The van der Waals surface area contributed by atoms with Gasteiger partial charge in [-0.3, -0.25) is 4.79 Å². The molecule has 0 fully saturated rings. The summed E-state index contributed by atoms with van der Waals surface area (Å²) >= 11 is 0. The molecule has 3 N–H and O–H groups in total. The Morgan fingerprint density at radius 2 is 1.60 bits per heavy atom. The fourth-order valence-electron chi connectivity index (χ4n) is 3.05. The summed E-state index contributed by atoms with van der Waals surface area (Å²) in [4.78, 5) is 14.5. The smallest absolute Gasteiger partial charge is 0.255 e. The van der Waals surface area contributed by atoms with Crippen LogP contribution in [-0.4, -0.2) is 19.0 Å². The minimum atomic E-state index is -0.148. The van der Waals surface area contributed by atoms with E-state index in [1.807, 2.05) is 49.4 Å². The Morgan fingerprint density at radius 1 is 0.933 bits per heavy atom. The van der Waals surface area contributed by atoms with Crippen molar-refractivity contribution in [1.29, 1.82) is 0 Å². The summed E-state index contributed by atoms with van der Waals surface area (Å²) in [5.41, 5.74) is 11.5. The number of amides is 1. The number of carbonyl (C=O) groups excluding carboxylic acids is 1. The van der Waals surface area contributed by atoms with Gasteiger partial charge in [-0.25, -0.2) is 0 Å². The molecule has 6 heteroatoms. The van der Waals surface area contributed by atoms with E-state index in [9.17, 15) is 4.79 Å². The third-order valence-electron chi connectivity index (χ3n) is 4.85. The minimum absolute atomic E-state index is 0.148. The highest BCUT2D eigenvalue weighted by molar-refractivity contribution is 6.04. The van der Waals surface area contributed by atoms with Gasteiger partial charge in [0.1, 0.15) is 5.69 Å². The third-order valence-corrected chi connectivity index (χ3v) is 4.85. The van der Waals surface area contributed by atoms with Crippen LogP contribution in [0.1, 0.15) is 29.8 Å². The molecule has 3 aromatic rings. The quantitative estimate of drug-likeness (QED) is 0.371. The maximum atomic E-state index is 12.3. The lowest BCUT2D eigenvalue weighted by atomic mass is 10.1. The van der Waals surface area contributed by atoms with Crippen LogP contribution in [0.2, 0.25) is 0 Å². The number of anilines is 3. The van der Waals surface area contributed by atoms with Gasteiger partial charge in [0.2, 0.25) is 0 Å². The summed E-state index contributed by atoms with van der Waals surface area (Å²) in [7, 11) is 0. The molecule has 0 saturated carbocycles. The van der Waals surface area contributed by atoms with E-state index in [1.165, 1.54) is 0 Å². The molecule has 0 radical (unpaired) electrons. The average Bonchev–Trinajstić information content (AvgIpc) is 2.75. The van der Waals surface area contributed by atoms with Crippen molar-refractivity contribution in [3.8, 4) is 0 Å². The first-order valence-electron chi connectivity index (χ1n) is 10.0. The van der Waals surface area contributed by atoms with E-state index >= 15 is 0 Å². The molecular formula is C24H27N5O. The van der Waals surface area contributed by atoms with Crippen LogP contribution in [0.5, 0.6) is 0 Å². The standard InChI is InChI=1S/C24H27N5O/c1-4-29(5-2)21-14-15-23(22(25)16-21)28-27-20-12-10-19(11-13-20)26-24(30)18-8-6-17(3)7-9-18/h6-16H,4-5,25H2,1-3H3,(H,26,30). The highest BCUT2D eigenvalue weighted by Gasteiger charge is 2.07. The zero-order valence-corrected chi connectivity index (χ0v) is 17.6. The number of hydrogen-bond acceptors (Lipinski definition) is 5. The Morgan fingerprint density at radius 3 is 2.20 bits per heavy atom. The summed E-state index contributed by atoms with van der Waals surface area (Å²) < 4.78 is 0. The largest absolute Gasteiger partial charge is 0.397 e. The first kappa shape index (κ1) is 21.0. The molecule has 0 unspecified atom stereocenters.